The highest BCUT2D eigenvalue weighted by Gasteiger charge is 2.38. The Balaban J connectivity index is 2.08. The quantitative estimate of drug-likeness (QED) is 0.558. The molecule has 1 fully saturated rings. The van der Waals surface area contributed by atoms with Gasteiger partial charge in [-0.05, 0) is 63.6 Å². The van der Waals surface area contributed by atoms with Gasteiger partial charge in [-0.25, -0.2) is 4.79 Å². The number of phenols is 1. The second-order valence-corrected chi connectivity index (χ2v) is 8.48. The Bertz CT molecular complexity index is 667. The summed E-state index contributed by atoms with van der Waals surface area (Å²) in [7, 11) is 0. The minimum atomic E-state index is -0.546. The summed E-state index contributed by atoms with van der Waals surface area (Å²) in [6, 6.07) is 6.95. The largest absolute Gasteiger partial charge is 0.508 e. The maximum absolute atomic E-state index is 12.8. The minimum absolute atomic E-state index is 0.00370. The number of unbranched alkanes of at least 4 members (excludes halogenated alkanes) is 1. The molecule has 0 spiro atoms. The van der Waals surface area contributed by atoms with E-state index in [1.165, 1.54) is 0 Å². The molecule has 0 bridgehead atoms. The molecule has 1 aliphatic rings. The first-order chi connectivity index (χ1) is 13.2. The van der Waals surface area contributed by atoms with Crippen LogP contribution in [0.25, 0.3) is 0 Å². The number of carbonyl (C=O) groups is 2. The Morgan fingerprint density at radius 2 is 2.07 bits per heavy atom. The molecule has 1 aliphatic heterocycles. The molecule has 6 nitrogen and oxygen atoms in total. The average molecular weight is 392 g/mol. The normalized spacial score (nSPS) is 18.0. The molecule has 1 amide bonds. The Labute approximate surface area is 167 Å². The van der Waals surface area contributed by atoms with Crippen LogP contribution < -0.4 is 0 Å². The summed E-state index contributed by atoms with van der Waals surface area (Å²) in [6.07, 6.45) is 2.66. The van der Waals surface area contributed by atoms with Crippen LogP contribution >= 0.6 is 0 Å². The van der Waals surface area contributed by atoms with E-state index in [0.717, 1.165) is 24.8 Å². The molecule has 156 valence electrons. The topological polar surface area (TPSA) is 76.1 Å². The molecule has 2 atom stereocenters. The summed E-state index contributed by atoms with van der Waals surface area (Å²) < 4.78 is 11.0. The van der Waals surface area contributed by atoms with E-state index < -0.39 is 5.60 Å². The van der Waals surface area contributed by atoms with Crippen LogP contribution in [-0.2, 0) is 20.7 Å². The van der Waals surface area contributed by atoms with Crippen molar-refractivity contribution in [3.63, 3.8) is 0 Å². The third kappa shape index (κ3) is 6.73. The monoisotopic (exact) mass is 391 g/mol. The lowest BCUT2D eigenvalue weighted by Crippen LogP contribution is -2.37. The van der Waals surface area contributed by atoms with Crippen molar-refractivity contribution in [3.8, 4) is 5.75 Å². The van der Waals surface area contributed by atoms with E-state index in [4.69, 9.17) is 9.47 Å². The summed E-state index contributed by atoms with van der Waals surface area (Å²) in [5.41, 5.74) is 0.336. The van der Waals surface area contributed by atoms with E-state index in [1.807, 2.05) is 33.8 Å². The van der Waals surface area contributed by atoms with Gasteiger partial charge in [-0.2, -0.15) is 0 Å². The molecule has 0 aliphatic carbocycles. The second kappa shape index (κ2) is 9.80. The van der Waals surface area contributed by atoms with Gasteiger partial charge in [-0.3, -0.25) is 4.79 Å². The molecule has 6 heteroatoms. The van der Waals surface area contributed by atoms with Crippen LogP contribution in [0.1, 0.15) is 52.5 Å². The Morgan fingerprint density at radius 3 is 2.71 bits per heavy atom. The van der Waals surface area contributed by atoms with Crippen molar-refractivity contribution in [3.05, 3.63) is 29.8 Å². The van der Waals surface area contributed by atoms with Crippen LogP contribution in [0.2, 0.25) is 0 Å². The number of likely N-dealkylation sites (tertiary alicyclic amines) is 1. The van der Waals surface area contributed by atoms with Crippen LogP contribution in [0, 0.1) is 11.8 Å². The lowest BCUT2D eigenvalue weighted by atomic mass is 9.86. The number of hydrogen-bond donors (Lipinski definition) is 1. The zero-order valence-electron chi connectivity index (χ0n) is 17.4. The third-order valence-electron chi connectivity index (χ3n) is 4.86. The van der Waals surface area contributed by atoms with E-state index >= 15 is 0 Å². The number of rotatable bonds is 7. The number of benzene rings is 1. The Hall–Kier alpha value is -2.24. The fourth-order valence-corrected chi connectivity index (χ4v) is 3.41. The van der Waals surface area contributed by atoms with Gasteiger partial charge in [0.15, 0.2) is 0 Å². The number of phenolic OH excluding ortho intramolecular Hbond substituents is 1. The van der Waals surface area contributed by atoms with E-state index in [9.17, 15) is 14.7 Å². The highest BCUT2D eigenvalue weighted by atomic mass is 16.6. The standard InChI is InChI=1S/C22H33NO5/c1-5-6-12-27-20(25)19(14-16-8-7-9-18(24)13-16)17-10-11-23(15-17)21(26)28-22(2,3)4/h7-9,13,17,19,24H,5-6,10-12,14-15H2,1-4H3/t17-,19-/m0/s1. The van der Waals surface area contributed by atoms with E-state index in [2.05, 4.69) is 0 Å². The van der Waals surface area contributed by atoms with Crippen molar-refractivity contribution in [2.75, 3.05) is 19.7 Å². The maximum Gasteiger partial charge on any atom is 0.410 e. The van der Waals surface area contributed by atoms with Crippen molar-refractivity contribution in [2.24, 2.45) is 11.8 Å². The molecular formula is C22H33NO5. The summed E-state index contributed by atoms with van der Waals surface area (Å²) >= 11 is 0. The molecule has 0 radical (unpaired) electrons. The van der Waals surface area contributed by atoms with Crippen LogP contribution in [0.3, 0.4) is 0 Å². The number of esters is 1. The van der Waals surface area contributed by atoms with E-state index in [-0.39, 0.29) is 29.6 Å². The molecule has 1 aromatic rings. The highest BCUT2D eigenvalue weighted by Crippen LogP contribution is 2.30. The molecule has 28 heavy (non-hydrogen) atoms. The summed E-state index contributed by atoms with van der Waals surface area (Å²) in [6.45, 7) is 9.03. The average Bonchev–Trinajstić information content (AvgIpc) is 3.08. The van der Waals surface area contributed by atoms with Crippen molar-refractivity contribution >= 4 is 12.1 Å². The van der Waals surface area contributed by atoms with Crippen LogP contribution in [0.4, 0.5) is 4.79 Å². The molecule has 0 saturated carbocycles. The number of amides is 1. The number of hydrogen-bond acceptors (Lipinski definition) is 5. The van der Waals surface area contributed by atoms with Crippen LogP contribution in [0.5, 0.6) is 5.75 Å². The fourth-order valence-electron chi connectivity index (χ4n) is 3.41. The first-order valence-corrected chi connectivity index (χ1v) is 10.1. The van der Waals surface area contributed by atoms with Gasteiger partial charge >= 0.3 is 12.1 Å². The van der Waals surface area contributed by atoms with Gasteiger partial charge < -0.3 is 19.5 Å². The van der Waals surface area contributed by atoms with E-state index in [0.29, 0.717) is 26.1 Å². The lowest BCUT2D eigenvalue weighted by molar-refractivity contribution is -0.150. The molecular weight excluding hydrogens is 358 g/mol. The molecule has 1 saturated heterocycles. The van der Waals surface area contributed by atoms with Gasteiger partial charge in [0.05, 0.1) is 12.5 Å². The first kappa shape index (κ1) is 22.1. The van der Waals surface area contributed by atoms with Crippen molar-refractivity contribution in [1.29, 1.82) is 0 Å². The number of ether oxygens (including phenoxy) is 2. The highest BCUT2D eigenvalue weighted by molar-refractivity contribution is 5.74. The van der Waals surface area contributed by atoms with Crippen LogP contribution in [-0.4, -0.2) is 47.4 Å². The summed E-state index contributed by atoms with van der Waals surface area (Å²) in [4.78, 5) is 26.8. The van der Waals surface area contributed by atoms with Crippen LogP contribution in [0.15, 0.2) is 24.3 Å². The van der Waals surface area contributed by atoms with Gasteiger partial charge in [0.25, 0.3) is 0 Å². The summed E-state index contributed by atoms with van der Waals surface area (Å²) in [5.74, 6) is -0.402. The lowest BCUT2D eigenvalue weighted by Gasteiger charge is -2.26. The van der Waals surface area contributed by atoms with Gasteiger partial charge in [-0.15, -0.1) is 0 Å². The van der Waals surface area contributed by atoms with Crippen molar-refractivity contribution < 1.29 is 24.2 Å². The summed E-state index contributed by atoms with van der Waals surface area (Å²) in [5, 5.41) is 9.74. The second-order valence-electron chi connectivity index (χ2n) is 8.48. The fraction of sp³-hybridized carbons (Fsp3) is 0.636. The zero-order chi connectivity index (χ0) is 20.7. The predicted octanol–water partition coefficient (Wildman–Crippen LogP) is 4.15. The number of nitrogens with zero attached hydrogens (tertiary/aromatic N) is 1. The Kier molecular flexibility index (Phi) is 7.72. The molecule has 1 aromatic carbocycles. The zero-order valence-corrected chi connectivity index (χ0v) is 17.4. The Morgan fingerprint density at radius 1 is 1.32 bits per heavy atom. The maximum atomic E-state index is 12.8. The molecule has 1 N–H and O–H groups in total. The SMILES string of the molecule is CCCCOC(=O)[C@@H](Cc1cccc(O)c1)[C@H]1CCN(C(=O)OC(C)(C)C)C1. The first-order valence-electron chi connectivity index (χ1n) is 10.1. The molecule has 0 aromatic heterocycles. The van der Waals surface area contributed by atoms with Gasteiger partial charge in [-0.1, -0.05) is 25.5 Å². The minimum Gasteiger partial charge on any atom is -0.508 e. The predicted molar refractivity (Wildman–Crippen MR) is 107 cm³/mol. The van der Waals surface area contributed by atoms with Crippen molar-refractivity contribution in [2.45, 2.75) is 59.0 Å². The molecule has 1 heterocycles. The van der Waals surface area contributed by atoms with E-state index in [1.54, 1.807) is 23.1 Å². The third-order valence-corrected chi connectivity index (χ3v) is 4.86. The van der Waals surface area contributed by atoms with Gasteiger partial charge in [0.2, 0.25) is 0 Å². The smallest absolute Gasteiger partial charge is 0.410 e. The molecule has 0 unspecified atom stereocenters. The van der Waals surface area contributed by atoms with Gasteiger partial charge in [0.1, 0.15) is 11.4 Å². The number of aromatic hydroxyl groups is 1. The van der Waals surface area contributed by atoms with Gasteiger partial charge in [0, 0.05) is 13.1 Å². The number of carbonyl (C=O) groups excluding carboxylic acids is 2. The molecule has 2 rings (SSSR count). The van der Waals surface area contributed by atoms with Crippen molar-refractivity contribution in [1.82, 2.24) is 4.90 Å².